The summed E-state index contributed by atoms with van der Waals surface area (Å²) >= 11 is 6.68. The molecule has 0 aromatic heterocycles. The van der Waals surface area contributed by atoms with Crippen LogP contribution in [0.15, 0.2) is 0 Å². The molecule has 1 atom stereocenters. The van der Waals surface area contributed by atoms with Crippen molar-refractivity contribution in [2.45, 2.75) is 70.1 Å². The number of carbonyl (C=O) groups excluding carboxylic acids is 1. The maximum absolute atomic E-state index is 11.8. The molecule has 1 N–H and O–H groups in total. The SMILES string of the molecule is CN(CCOP(O)(=S)SC1CCCCCC1)C(=O)OC(C)(C)C. The highest BCUT2D eigenvalue weighted by molar-refractivity contribution is 8.67. The third-order valence-corrected chi connectivity index (χ3v) is 8.12. The molecule has 0 aliphatic heterocycles. The molecule has 0 spiro atoms. The minimum absolute atomic E-state index is 0.225. The van der Waals surface area contributed by atoms with Gasteiger partial charge in [-0.3, -0.25) is 0 Å². The van der Waals surface area contributed by atoms with E-state index in [1.807, 2.05) is 20.8 Å². The van der Waals surface area contributed by atoms with E-state index in [0.29, 0.717) is 11.8 Å². The van der Waals surface area contributed by atoms with Gasteiger partial charge in [0.1, 0.15) is 5.60 Å². The quantitative estimate of drug-likeness (QED) is 0.537. The van der Waals surface area contributed by atoms with Crippen molar-refractivity contribution in [2.75, 3.05) is 20.2 Å². The number of likely N-dealkylation sites (N-methyl/N-ethyl adjacent to an activating group) is 1. The summed E-state index contributed by atoms with van der Waals surface area (Å²) in [4.78, 5) is 23.6. The zero-order valence-electron chi connectivity index (χ0n) is 14.6. The van der Waals surface area contributed by atoms with Gasteiger partial charge in [0.15, 0.2) is 0 Å². The van der Waals surface area contributed by atoms with Gasteiger partial charge < -0.3 is 19.1 Å². The van der Waals surface area contributed by atoms with E-state index >= 15 is 0 Å². The van der Waals surface area contributed by atoms with E-state index in [1.165, 1.54) is 42.0 Å². The lowest BCUT2D eigenvalue weighted by atomic mass is 10.2. The number of hydrogen-bond donors (Lipinski definition) is 1. The summed E-state index contributed by atoms with van der Waals surface area (Å²) in [5, 5.41) is 0.400. The monoisotopic (exact) mass is 383 g/mol. The fourth-order valence-corrected chi connectivity index (χ4v) is 7.07. The molecule has 0 bridgehead atoms. The van der Waals surface area contributed by atoms with Crippen LogP contribution < -0.4 is 0 Å². The first-order valence-electron chi connectivity index (χ1n) is 8.19. The van der Waals surface area contributed by atoms with Crippen LogP contribution in [-0.2, 0) is 21.1 Å². The first-order chi connectivity index (χ1) is 10.6. The van der Waals surface area contributed by atoms with Crippen LogP contribution in [-0.4, -0.2) is 46.9 Å². The summed E-state index contributed by atoms with van der Waals surface area (Å²) in [6, 6.07) is 0. The van der Waals surface area contributed by atoms with Gasteiger partial charge in [-0.2, -0.15) is 0 Å². The summed E-state index contributed by atoms with van der Waals surface area (Å²) in [6.45, 7) is 6.05. The number of ether oxygens (including phenoxy) is 1. The normalized spacial score (nSPS) is 19.7. The molecule has 0 heterocycles. The average molecular weight is 384 g/mol. The highest BCUT2D eigenvalue weighted by Gasteiger charge is 2.24. The molecule has 1 aliphatic rings. The average Bonchev–Trinajstić information content (AvgIpc) is 2.64. The Morgan fingerprint density at radius 2 is 1.87 bits per heavy atom. The Hall–Kier alpha value is 0.190. The van der Waals surface area contributed by atoms with Gasteiger partial charge in [0, 0.05) is 18.8 Å². The van der Waals surface area contributed by atoms with Crippen molar-refractivity contribution in [2.24, 2.45) is 0 Å². The summed E-state index contributed by atoms with van der Waals surface area (Å²) in [5.74, 6) is 0. The molecule has 136 valence electrons. The first-order valence-corrected chi connectivity index (χ1v) is 12.3. The Morgan fingerprint density at radius 1 is 1.30 bits per heavy atom. The predicted molar refractivity (Wildman–Crippen MR) is 100 cm³/mol. The van der Waals surface area contributed by atoms with Gasteiger partial charge in [0.25, 0.3) is 0 Å². The van der Waals surface area contributed by atoms with Crippen LogP contribution in [0.25, 0.3) is 0 Å². The molecule has 0 radical (unpaired) electrons. The van der Waals surface area contributed by atoms with Crippen molar-refractivity contribution >= 4 is 35.0 Å². The topological polar surface area (TPSA) is 59.0 Å². The van der Waals surface area contributed by atoms with E-state index in [0.717, 1.165) is 12.8 Å². The summed E-state index contributed by atoms with van der Waals surface area (Å²) in [7, 11) is 1.65. The maximum Gasteiger partial charge on any atom is 0.410 e. The van der Waals surface area contributed by atoms with Crippen LogP contribution in [0.5, 0.6) is 0 Å². The summed E-state index contributed by atoms with van der Waals surface area (Å²) in [6.07, 6.45) is 6.75. The highest BCUT2D eigenvalue weighted by atomic mass is 32.9. The fourth-order valence-electron chi connectivity index (χ4n) is 2.29. The lowest BCUT2D eigenvalue weighted by Gasteiger charge is -2.25. The molecule has 1 fully saturated rings. The fraction of sp³-hybridized carbons (Fsp3) is 0.933. The highest BCUT2D eigenvalue weighted by Crippen LogP contribution is 2.59. The minimum Gasteiger partial charge on any atom is -0.444 e. The molecule has 1 aliphatic carbocycles. The molecular weight excluding hydrogens is 353 g/mol. The largest absolute Gasteiger partial charge is 0.444 e. The zero-order chi connectivity index (χ0) is 17.5. The van der Waals surface area contributed by atoms with E-state index in [4.69, 9.17) is 21.1 Å². The van der Waals surface area contributed by atoms with Crippen molar-refractivity contribution in [1.82, 2.24) is 4.90 Å². The van der Waals surface area contributed by atoms with Crippen LogP contribution in [0, 0.1) is 0 Å². The van der Waals surface area contributed by atoms with Crippen molar-refractivity contribution in [3.8, 4) is 0 Å². The lowest BCUT2D eigenvalue weighted by molar-refractivity contribution is 0.0279. The third kappa shape index (κ3) is 9.92. The van der Waals surface area contributed by atoms with Crippen LogP contribution in [0.3, 0.4) is 0 Å². The Kier molecular flexibility index (Phi) is 8.88. The van der Waals surface area contributed by atoms with Gasteiger partial charge in [0.2, 0.25) is 5.69 Å². The minimum atomic E-state index is -2.84. The predicted octanol–water partition coefficient (Wildman–Crippen LogP) is 4.54. The molecule has 5 nitrogen and oxygen atoms in total. The molecule has 23 heavy (non-hydrogen) atoms. The summed E-state index contributed by atoms with van der Waals surface area (Å²) in [5.41, 5.74) is -3.36. The molecule has 1 amide bonds. The van der Waals surface area contributed by atoms with Crippen molar-refractivity contribution in [1.29, 1.82) is 0 Å². The van der Waals surface area contributed by atoms with Crippen molar-refractivity contribution in [3.63, 3.8) is 0 Å². The maximum atomic E-state index is 11.8. The number of amides is 1. The number of hydrogen-bond acceptors (Lipinski definition) is 5. The smallest absolute Gasteiger partial charge is 0.410 e. The van der Waals surface area contributed by atoms with Gasteiger partial charge in [-0.25, -0.2) is 4.79 Å². The Bertz CT molecular complexity index is 420. The second kappa shape index (κ2) is 9.62. The molecule has 1 unspecified atom stereocenters. The molecule has 1 rings (SSSR count). The Balaban J connectivity index is 2.32. The van der Waals surface area contributed by atoms with Crippen LogP contribution in [0.1, 0.15) is 59.3 Å². The molecule has 0 aromatic carbocycles. The van der Waals surface area contributed by atoms with Crippen LogP contribution in [0.2, 0.25) is 0 Å². The van der Waals surface area contributed by atoms with E-state index in [2.05, 4.69) is 0 Å². The van der Waals surface area contributed by atoms with Gasteiger partial charge >= 0.3 is 6.09 Å². The van der Waals surface area contributed by atoms with E-state index in [1.54, 1.807) is 7.05 Å². The third-order valence-electron chi connectivity index (χ3n) is 3.47. The summed E-state index contributed by atoms with van der Waals surface area (Å²) < 4.78 is 10.8. The standard InChI is InChI=1S/C15H30NO4PS2/c1-15(2,3)20-14(17)16(4)11-12-19-21(18,22)23-13-9-7-5-6-8-10-13/h13H,5-12H2,1-4H3,(H,18,22). The molecule has 1 saturated carbocycles. The Morgan fingerprint density at radius 3 is 2.39 bits per heavy atom. The van der Waals surface area contributed by atoms with Crippen molar-refractivity contribution < 1.29 is 18.9 Å². The van der Waals surface area contributed by atoms with Gasteiger partial charge in [-0.05, 0) is 45.4 Å². The van der Waals surface area contributed by atoms with Crippen LogP contribution in [0.4, 0.5) is 4.79 Å². The van der Waals surface area contributed by atoms with Gasteiger partial charge in [-0.15, -0.1) is 0 Å². The van der Waals surface area contributed by atoms with Gasteiger partial charge in [-0.1, -0.05) is 37.1 Å². The molecule has 0 saturated heterocycles. The second-order valence-corrected chi connectivity index (χ2v) is 13.3. The molecular formula is C15H30NO4PS2. The van der Waals surface area contributed by atoms with Crippen molar-refractivity contribution in [3.05, 3.63) is 0 Å². The first kappa shape index (κ1) is 21.2. The van der Waals surface area contributed by atoms with E-state index < -0.39 is 17.4 Å². The molecule has 0 aromatic rings. The zero-order valence-corrected chi connectivity index (χ0v) is 17.1. The van der Waals surface area contributed by atoms with Gasteiger partial charge in [0.05, 0.1) is 6.61 Å². The number of nitrogens with zero attached hydrogens (tertiary/aromatic N) is 1. The van der Waals surface area contributed by atoms with E-state index in [9.17, 15) is 9.69 Å². The number of carbonyl (C=O) groups is 1. The number of rotatable bonds is 6. The van der Waals surface area contributed by atoms with Crippen LogP contribution >= 0.6 is 17.1 Å². The second-order valence-electron chi connectivity index (χ2n) is 6.92. The molecule has 8 heteroatoms. The lowest BCUT2D eigenvalue weighted by Crippen LogP contribution is -2.35. The Labute approximate surface area is 149 Å². The van der Waals surface area contributed by atoms with E-state index in [-0.39, 0.29) is 6.61 Å².